The zero-order valence-corrected chi connectivity index (χ0v) is 14.4. The van der Waals surface area contributed by atoms with Crippen LogP contribution in [0.3, 0.4) is 0 Å². The number of nitrogens with one attached hydrogen (secondary N) is 1. The van der Waals surface area contributed by atoms with E-state index in [-0.39, 0.29) is 18.4 Å². The third-order valence-corrected chi connectivity index (χ3v) is 5.46. The molecule has 2 amide bonds. The molecule has 2 saturated heterocycles. The van der Waals surface area contributed by atoms with Gasteiger partial charge < -0.3 is 14.7 Å². The van der Waals surface area contributed by atoms with E-state index in [0.29, 0.717) is 11.6 Å². The maximum atomic E-state index is 12.3. The van der Waals surface area contributed by atoms with Crippen LogP contribution in [-0.4, -0.2) is 66.0 Å². The molecule has 0 saturated carbocycles. The molecule has 0 atom stereocenters. The minimum Gasteiger partial charge on any atom is -0.330 e. The van der Waals surface area contributed by atoms with E-state index in [9.17, 15) is 9.59 Å². The average Bonchev–Trinajstić information content (AvgIpc) is 2.93. The van der Waals surface area contributed by atoms with Crippen LogP contribution in [0.1, 0.15) is 11.1 Å². The van der Waals surface area contributed by atoms with Gasteiger partial charge in [-0.05, 0) is 6.92 Å². The smallest absolute Gasteiger partial charge is 0.242 e. The van der Waals surface area contributed by atoms with Gasteiger partial charge >= 0.3 is 0 Å². The summed E-state index contributed by atoms with van der Waals surface area (Å²) in [5, 5.41) is 0. The lowest BCUT2D eigenvalue weighted by atomic mass is 10.1. The van der Waals surface area contributed by atoms with E-state index in [4.69, 9.17) is 0 Å². The largest absolute Gasteiger partial charge is 0.330 e. The lowest BCUT2D eigenvalue weighted by Crippen LogP contribution is -3.13. The van der Waals surface area contributed by atoms with Gasteiger partial charge in [0.05, 0.1) is 37.8 Å². The van der Waals surface area contributed by atoms with Gasteiger partial charge in [0.1, 0.15) is 13.1 Å². The molecule has 2 fully saturated rings. The Balaban J connectivity index is 1.46. The van der Waals surface area contributed by atoms with E-state index < -0.39 is 0 Å². The van der Waals surface area contributed by atoms with Crippen molar-refractivity contribution in [1.29, 1.82) is 0 Å². The van der Waals surface area contributed by atoms with Crippen LogP contribution in [0.15, 0.2) is 24.3 Å². The van der Waals surface area contributed by atoms with E-state index in [0.717, 1.165) is 32.7 Å². The molecule has 0 spiro atoms. The molecule has 0 bridgehead atoms. The summed E-state index contributed by atoms with van der Waals surface area (Å²) < 4.78 is 0. The summed E-state index contributed by atoms with van der Waals surface area (Å²) in [5.41, 5.74) is 2.66. The number of amides is 2. The first-order chi connectivity index (χ1) is 11.1. The number of thioether (sulfide) groups is 1. The monoisotopic (exact) mass is 334 g/mol. The molecule has 1 aromatic carbocycles. The van der Waals surface area contributed by atoms with E-state index in [2.05, 4.69) is 31.2 Å². The Hall–Kier alpha value is -1.53. The van der Waals surface area contributed by atoms with Crippen molar-refractivity contribution in [2.75, 3.05) is 44.4 Å². The van der Waals surface area contributed by atoms with E-state index >= 15 is 0 Å². The van der Waals surface area contributed by atoms with Crippen molar-refractivity contribution in [2.24, 2.45) is 0 Å². The first-order valence-corrected chi connectivity index (χ1v) is 9.30. The van der Waals surface area contributed by atoms with Crippen LogP contribution in [0.4, 0.5) is 0 Å². The number of rotatable bonds is 4. The summed E-state index contributed by atoms with van der Waals surface area (Å²) in [7, 11) is 0. The number of benzene rings is 1. The number of nitrogens with zero attached hydrogens (tertiary/aromatic N) is 2. The van der Waals surface area contributed by atoms with Gasteiger partial charge in [0.25, 0.3) is 0 Å². The molecular formula is C17H24N3O2S+. The summed E-state index contributed by atoms with van der Waals surface area (Å²) in [6, 6.07) is 8.64. The third kappa shape index (κ3) is 4.26. The Bertz CT molecular complexity index is 585. The lowest BCUT2D eigenvalue weighted by Gasteiger charge is -2.33. The van der Waals surface area contributed by atoms with Crippen molar-refractivity contribution in [2.45, 2.75) is 13.5 Å². The molecule has 124 valence electrons. The lowest BCUT2D eigenvalue weighted by molar-refractivity contribution is -0.917. The molecule has 0 unspecified atom stereocenters. The van der Waals surface area contributed by atoms with Gasteiger partial charge in [-0.15, -0.1) is 11.8 Å². The number of hydrogen-bond donors (Lipinski definition) is 1. The van der Waals surface area contributed by atoms with Crippen molar-refractivity contribution in [3.05, 3.63) is 35.4 Å². The third-order valence-electron chi connectivity index (χ3n) is 4.51. The van der Waals surface area contributed by atoms with Crippen LogP contribution in [0.25, 0.3) is 0 Å². The predicted octanol–water partition coefficient (Wildman–Crippen LogP) is -0.245. The van der Waals surface area contributed by atoms with Crippen LogP contribution >= 0.6 is 11.8 Å². The van der Waals surface area contributed by atoms with E-state index in [1.165, 1.54) is 16.0 Å². The molecule has 1 aromatic rings. The molecular weight excluding hydrogens is 310 g/mol. The Morgan fingerprint density at radius 3 is 2.74 bits per heavy atom. The fraction of sp³-hybridized carbons (Fsp3) is 0.529. The van der Waals surface area contributed by atoms with Gasteiger partial charge in [-0.1, -0.05) is 29.8 Å². The second kappa shape index (κ2) is 7.36. The molecule has 2 heterocycles. The van der Waals surface area contributed by atoms with Gasteiger partial charge in [0.15, 0.2) is 0 Å². The van der Waals surface area contributed by atoms with Crippen LogP contribution in [-0.2, 0) is 16.1 Å². The van der Waals surface area contributed by atoms with Crippen LogP contribution < -0.4 is 4.90 Å². The summed E-state index contributed by atoms with van der Waals surface area (Å²) in [4.78, 5) is 29.0. The summed E-state index contributed by atoms with van der Waals surface area (Å²) in [6.07, 6.45) is 0. The quantitative estimate of drug-likeness (QED) is 0.826. The Morgan fingerprint density at radius 2 is 2.09 bits per heavy atom. The second-order valence-corrected chi connectivity index (χ2v) is 7.32. The Labute approximate surface area is 141 Å². The molecule has 5 nitrogen and oxygen atoms in total. The highest BCUT2D eigenvalue weighted by molar-refractivity contribution is 8.00. The number of hydrogen-bond acceptors (Lipinski definition) is 3. The number of carbonyl (C=O) groups excluding carboxylic acids is 2. The van der Waals surface area contributed by atoms with E-state index in [1.54, 1.807) is 16.7 Å². The highest BCUT2D eigenvalue weighted by Crippen LogP contribution is 2.14. The first-order valence-electron chi connectivity index (χ1n) is 8.14. The summed E-state index contributed by atoms with van der Waals surface area (Å²) in [6.45, 7) is 6.91. The molecule has 2 aliphatic rings. The van der Waals surface area contributed by atoms with Gasteiger partial charge in [-0.2, -0.15) is 0 Å². The molecule has 0 radical (unpaired) electrons. The normalized spacial score (nSPS) is 19.4. The van der Waals surface area contributed by atoms with Crippen molar-refractivity contribution in [1.82, 2.24) is 9.80 Å². The van der Waals surface area contributed by atoms with Gasteiger partial charge in [-0.3, -0.25) is 9.59 Å². The minimum atomic E-state index is 0.0899. The van der Waals surface area contributed by atoms with Gasteiger partial charge in [0, 0.05) is 5.56 Å². The number of aryl methyl sites for hydroxylation is 1. The van der Waals surface area contributed by atoms with E-state index in [1.807, 2.05) is 4.90 Å². The van der Waals surface area contributed by atoms with Crippen molar-refractivity contribution in [3.63, 3.8) is 0 Å². The van der Waals surface area contributed by atoms with Crippen molar-refractivity contribution >= 4 is 23.6 Å². The molecule has 2 aliphatic heterocycles. The first kappa shape index (κ1) is 16.3. The second-order valence-electron chi connectivity index (χ2n) is 6.37. The predicted molar refractivity (Wildman–Crippen MR) is 91.2 cm³/mol. The standard InChI is InChI=1S/C17H23N3O2S/c1-14-3-2-4-15(9-14)10-18-5-7-19(8-6-18)16(21)11-20-13-23-12-17(20)22/h2-4,9H,5-8,10-13H2,1H3/p+1. The zero-order valence-electron chi connectivity index (χ0n) is 13.6. The van der Waals surface area contributed by atoms with Crippen LogP contribution in [0.5, 0.6) is 0 Å². The maximum absolute atomic E-state index is 12.3. The molecule has 3 rings (SSSR count). The van der Waals surface area contributed by atoms with Gasteiger partial charge in [-0.25, -0.2) is 0 Å². The molecule has 1 N–H and O–H groups in total. The molecule has 6 heteroatoms. The maximum Gasteiger partial charge on any atom is 0.242 e. The zero-order chi connectivity index (χ0) is 16.2. The number of carbonyl (C=O) groups is 2. The SMILES string of the molecule is Cc1cccc(C[NH+]2CCN(C(=O)CN3CSCC3=O)CC2)c1. The molecule has 23 heavy (non-hydrogen) atoms. The van der Waals surface area contributed by atoms with Gasteiger partial charge in [0.2, 0.25) is 11.8 Å². The van der Waals surface area contributed by atoms with Crippen LogP contribution in [0.2, 0.25) is 0 Å². The highest BCUT2D eigenvalue weighted by Gasteiger charge is 2.28. The summed E-state index contributed by atoms with van der Waals surface area (Å²) >= 11 is 1.58. The Morgan fingerprint density at radius 1 is 1.30 bits per heavy atom. The fourth-order valence-electron chi connectivity index (χ4n) is 3.16. The topological polar surface area (TPSA) is 45.1 Å². The van der Waals surface area contributed by atoms with Crippen molar-refractivity contribution in [3.8, 4) is 0 Å². The van der Waals surface area contributed by atoms with Crippen LogP contribution in [0, 0.1) is 6.92 Å². The minimum absolute atomic E-state index is 0.0899. The Kier molecular flexibility index (Phi) is 5.23. The van der Waals surface area contributed by atoms with Crippen molar-refractivity contribution < 1.29 is 14.5 Å². The fourth-order valence-corrected chi connectivity index (χ4v) is 4.07. The number of quaternary nitrogens is 1. The number of piperazine rings is 1. The average molecular weight is 334 g/mol. The highest BCUT2D eigenvalue weighted by atomic mass is 32.2. The summed E-state index contributed by atoms with van der Waals surface area (Å²) in [5.74, 6) is 1.35. The molecule has 0 aliphatic carbocycles. The molecule has 0 aromatic heterocycles.